The fourth-order valence-corrected chi connectivity index (χ4v) is 2.80. The van der Waals surface area contributed by atoms with E-state index in [1.165, 1.54) is 4.88 Å². The van der Waals surface area contributed by atoms with E-state index in [0.717, 1.165) is 17.8 Å². The Bertz CT molecular complexity index is 666. The lowest BCUT2D eigenvalue weighted by molar-refractivity contribution is 0.795. The molecule has 3 aromatic rings. The average Bonchev–Trinajstić information content (AvgIpc) is 2.91. The molecule has 96 valence electrons. The normalized spacial score (nSPS) is 12.5. The lowest BCUT2D eigenvalue weighted by Crippen LogP contribution is -2.18. The van der Waals surface area contributed by atoms with Crippen molar-refractivity contribution < 1.29 is 0 Å². The Balaban J connectivity index is 1.73. The Kier molecular flexibility index (Phi) is 3.37. The van der Waals surface area contributed by atoms with Crippen LogP contribution in [0.1, 0.15) is 11.8 Å². The third-order valence-electron chi connectivity index (χ3n) is 2.81. The van der Waals surface area contributed by atoms with E-state index < -0.39 is 0 Å². The number of anilines is 1. The van der Waals surface area contributed by atoms with Crippen molar-refractivity contribution in [1.29, 1.82) is 0 Å². The average molecular weight is 270 g/mol. The van der Waals surface area contributed by atoms with E-state index in [0.29, 0.717) is 11.7 Å². The van der Waals surface area contributed by atoms with Gasteiger partial charge in [-0.3, -0.25) is 4.98 Å². The molecule has 0 amide bonds. The number of rotatable bonds is 4. The lowest BCUT2D eigenvalue weighted by Gasteiger charge is -2.13. The van der Waals surface area contributed by atoms with Gasteiger partial charge in [-0.05, 0) is 30.5 Å². The van der Waals surface area contributed by atoms with Crippen LogP contribution in [0.2, 0.25) is 0 Å². The van der Waals surface area contributed by atoms with Crippen molar-refractivity contribution in [3.63, 3.8) is 0 Å². The Morgan fingerprint density at radius 1 is 1.21 bits per heavy atom. The van der Waals surface area contributed by atoms with Gasteiger partial charge in [0.1, 0.15) is 11.3 Å². The maximum absolute atomic E-state index is 4.46. The van der Waals surface area contributed by atoms with Gasteiger partial charge >= 0.3 is 0 Å². The highest BCUT2D eigenvalue weighted by Crippen LogP contribution is 2.15. The second-order valence-corrected chi connectivity index (χ2v) is 5.46. The number of fused-ring (bicyclic) bond motifs is 1. The molecule has 0 fully saturated rings. The molecule has 0 spiro atoms. The summed E-state index contributed by atoms with van der Waals surface area (Å²) in [6, 6.07) is 8.45. The van der Waals surface area contributed by atoms with Crippen molar-refractivity contribution in [2.45, 2.75) is 19.4 Å². The zero-order valence-corrected chi connectivity index (χ0v) is 11.4. The van der Waals surface area contributed by atoms with E-state index in [1.54, 1.807) is 23.7 Å². The van der Waals surface area contributed by atoms with Crippen LogP contribution < -0.4 is 5.32 Å². The number of aromatic nitrogens is 3. The van der Waals surface area contributed by atoms with E-state index in [9.17, 15) is 0 Å². The highest BCUT2D eigenvalue weighted by molar-refractivity contribution is 7.09. The van der Waals surface area contributed by atoms with Crippen molar-refractivity contribution in [3.05, 3.63) is 46.9 Å². The van der Waals surface area contributed by atoms with Gasteiger partial charge in [-0.1, -0.05) is 6.07 Å². The Hall–Kier alpha value is -2.01. The first-order valence-corrected chi connectivity index (χ1v) is 7.06. The molecule has 1 atom stereocenters. The minimum Gasteiger partial charge on any atom is -0.367 e. The van der Waals surface area contributed by atoms with Gasteiger partial charge < -0.3 is 5.32 Å². The van der Waals surface area contributed by atoms with Crippen molar-refractivity contribution >= 4 is 28.3 Å². The largest absolute Gasteiger partial charge is 0.367 e. The summed E-state index contributed by atoms with van der Waals surface area (Å²) >= 11 is 1.78. The van der Waals surface area contributed by atoms with Gasteiger partial charge in [-0.15, -0.1) is 11.3 Å². The van der Waals surface area contributed by atoms with Crippen LogP contribution in [0, 0.1) is 0 Å². The van der Waals surface area contributed by atoms with Gasteiger partial charge in [-0.25, -0.2) is 9.97 Å². The van der Waals surface area contributed by atoms with Crippen LogP contribution in [0.5, 0.6) is 0 Å². The van der Waals surface area contributed by atoms with E-state index in [1.807, 2.05) is 12.1 Å². The van der Waals surface area contributed by atoms with Gasteiger partial charge in [-0.2, -0.15) is 0 Å². The van der Waals surface area contributed by atoms with Crippen LogP contribution in [-0.2, 0) is 6.42 Å². The molecule has 5 heteroatoms. The fraction of sp³-hybridized carbons (Fsp3) is 0.214. The number of pyridine rings is 1. The monoisotopic (exact) mass is 270 g/mol. The highest BCUT2D eigenvalue weighted by atomic mass is 32.1. The van der Waals surface area contributed by atoms with Crippen molar-refractivity contribution in [2.24, 2.45) is 0 Å². The molecule has 0 bridgehead atoms. The zero-order chi connectivity index (χ0) is 13.1. The van der Waals surface area contributed by atoms with E-state index >= 15 is 0 Å². The highest BCUT2D eigenvalue weighted by Gasteiger charge is 2.06. The number of nitrogens with zero attached hydrogens (tertiary/aromatic N) is 3. The number of thiophene rings is 1. The minimum absolute atomic E-state index is 0.334. The molecule has 0 radical (unpaired) electrons. The smallest absolute Gasteiger partial charge is 0.180 e. The van der Waals surface area contributed by atoms with E-state index in [4.69, 9.17) is 0 Å². The summed E-state index contributed by atoms with van der Waals surface area (Å²) < 4.78 is 0. The summed E-state index contributed by atoms with van der Waals surface area (Å²) in [5.41, 5.74) is 1.50. The Morgan fingerprint density at radius 2 is 2.11 bits per heavy atom. The third kappa shape index (κ3) is 2.88. The van der Waals surface area contributed by atoms with Crippen LogP contribution in [0.25, 0.3) is 11.2 Å². The zero-order valence-electron chi connectivity index (χ0n) is 10.6. The molecule has 3 heterocycles. The van der Waals surface area contributed by atoms with Gasteiger partial charge in [0.05, 0.1) is 0 Å². The maximum Gasteiger partial charge on any atom is 0.180 e. The van der Waals surface area contributed by atoms with Crippen molar-refractivity contribution in [1.82, 2.24) is 15.0 Å². The van der Waals surface area contributed by atoms with Gasteiger partial charge in [0.25, 0.3) is 0 Å². The molecule has 19 heavy (non-hydrogen) atoms. The quantitative estimate of drug-likeness (QED) is 0.791. The molecule has 0 aliphatic heterocycles. The predicted molar refractivity (Wildman–Crippen MR) is 78.4 cm³/mol. The molecule has 0 aliphatic rings. The van der Waals surface area contributed by atoms with Crippen molar-refractivity contribution in [3.8, 4) is 0 Å². The molecule has 1 unspecified atom stereocenters. The summed E-state index contributed by atoms with van der Waals surface area (Å²) in [6.45, 7) is 2.16. The molecule has 0 aliphatic carbocycles. The van der Waals surface area contributed by atoms with Crippen LogP contribution in [-0.4, -0.2) is 21.0 Å². The summed E-state index contributed by atoms with van der Waals surface area (Å²) in [4.78, 5) is 14.3. The van der Waals surface area contributed by atoms with Crippen LogP contribution in [0.4, 0.5) is 5.82 Å². The van der Waals surface area contributed by atoms with Crippen molar-refractivity contribution in [2.75, 3.05) is 5.32 Å². The summed E-state index contributed by atoms with van der Waals surface area (Å²) in [6.07, 6.45) is 4.34. The Labute approximate surface area is 115 Å². The fourth-order valence-electron chi connectivity index (χ4n) is 1.97. The number of hydrogen-bond acceptors (Lipinski definition) is 5. The molecular weight excluding hydrogens is 256 g/mol. The summed E-state index contributed by atoms with van der Waals surface area (Å²) in [5.74, 6) is 0.844. The number of hydrogen-bond donors (Lipinski definition) is 1. The topological polar surface area (TPSA) is 50.7 Å². The molecule has 0 aromatic carbocycles. The second kappa shape index (κ2) is 5.32. The SMILES string of the molecule is CC(Cc1cccs1)Nc1ccc2nccnc2n1. The molecule has 0 saturated carbocycles. The molecule has 1 N–H and O–H groups in total. The first kappa shape index (κ1) is 12.0. The van der Waals surface area contributed by atoms with E-state index in [-0.39, 0.29) is 0 Å². The summed E-state index contributed by atoms with van der Waals surface area (Å²) in [7, 11) is 0. The van der Waals surface area contributed by atoms with Gasteiger partial charge in [0.2, 0.25) is 0 Å². The second-order valence-electron chi connectivity index (χ2n) is 4.42. The molecule has 4 nitrogen and oxygen atoms in total. The first-order chi connectivity index (χ1) is 9.31. The summed E-state index contributed by atoms with van der Waals surface area (Å²) in [5, 5.41) is 5.50. The third-order valence-corrected chi connectivity index (χ3v) is 3.71. The number of nitrogens with one attached hydrogen (secondary N) is 1. The lowest BCUT2D eigenvalue weighted by atomic mass is 10.2. The molecule has 3 aromatic heterocycles. The minimum atomic E-state index is 0.334. The maximum atomic E-state index is 4.46. The van der Waals surface area contributed by atoms with Crippen LogP contribution in [0.3, 0.4) is 0 Å². The van der Waals surface area contributed by atoms with Crippen LogP contribution in [0.15, 0.2) is 42.0 Å². The van der Waals surface area contributed by atoms with Gasteiger partial charge in [0.15, 0.2) is 5.65 Å². The predicted octanol–water partition coefficient (Wildman–Crippen LogP) is 3.13. The first-order valence-electron chi connectivity index (χ1n) is 6.18. The van der Waals surface area contributed by atoms with Gasteiger partial charge in [0, 0.05) is 29.7 Å². The molecule has 0 saturated heterocycles. The molecule has 3 rings (SSSR count). The molecular formula is C14H14N4S. The standard InChI is InChI=1S/C14H14N4S/c1-10(9-11-3-2-8-19-11)17-13-5-4-12-14(18-13)16-7-6-15-12/h2-8,10H,9H2,1H3,(H,16,17,18). The van der Waals surface area contributed by atoms with E-state index in [2.05, 4.69) is 44.7 Å². The Morgan fingerprint density at radius 3 is 2.95 bits per heavy atom. The van der Waals surface area contributed by atoms with Crippen LogP contribution >= 0.6 is 11.3 Å².